The lowest BCUT2D eigenvalue weighted by molar-refractivity contribution is 1.30. The van der Waals surface area contributed by atoms with Crippen molar-refractivity contribution in [1.29, 1.82) is 15.8 Å². The molecular weight excluding hydrogens is 589 g/mol. The quantitative estimate of drug-likeness (QED) is 0.184. The van der Waals surface area contributed by atoms with Crippen LogP contribution in [0.15, 0.2) is 133 Å². The minimum atomic E-state index is 0.549. The molecule has 6 heteroatoms. The highest BCUT2D eigenvalue weighted by Gasteiger charge is 2.22. The maximum Gasteiger partial charge on any atom is 0.0991 e. The van der Waals surface area contributed by atoms with Crippen LogP contribution in [0.1, 0.15) is 16.7 Å². The summed E-state index contributed by atoms with van der Waals surface area (Å²) in [4.78, 5) is 16.0. The molecular formula is C42H22N6. The third-order valence-electron chi connectivity index (χ3n) is 8.55. The van der Waals surface area contributed by atoms with Crippen LogP contribution in [0, 0.1) is 34.0 Å². The van der Waals surface area contributed by atoms with Gasteiger partial charge in [-0.1, -0.05) is 84.9 Å². The molecule has 6 nitrogen and oxygen atoms in total. The molecule has 0 radical (unpaired) electrons. The molecule has 0 saturated carbocycles. The minimum Gasteiger partial charge on any atom is -0.247 e. The van der Waals surface area contributed by atoms with E-state index in [2.05, 4.69) is 42.5 Å². The number of para-hydroxylation sites is 1. The zero-order chi connectivity index (χ0) is 32.6. The van der Waals surface area contributed by atoms with Crippen LogP contribution in [0.4, 0.5) is 0 Å². The predicted molar refractivity (Wildman–Crippen MR) is 188 cm³/mol. The lowest BCUT2D eigenvalue weighted by Gasteiger charge is -2.18. The fourth-order valence-electron chi connectivity index (χ4n) is 6.20. The summed E-state index contributed by atoms with van der Waals surface area (Å²) in [7, 11) is 0. The van der Waals surface area contributed by atoms with Gasteiger partial charge in [-0.3, -0.25) is 0 Å². The molecule has 8 aromatic rings. The van der Waals surface area contributed by atoms with Crippen LogP contribution < -0.4 is 0 Å². The molecule has 0 fully saturated rings. The Bertz CT molecular complexity index is 2660. The fourth-order valence-corrected chi connectivity index (χ4v) is 6.20. The van der Waals surface area contributed by atoms with Crippen molar-refractivity contribution in [1.82, 2.24) is 15.0 Å². The van der Waals surface area contributed by atoms with Gasteiger partial charge >= 0.3 is 0 Å². The third kappa shape index (κ3) is 4.77. The van der Waals surface area contributed by atoms with Gasteiger partial charge in [0.2, 0.25) is 0 Å². The van der Waals surface area contributed by atoms with Gasteiger partial charge in [0.25, 0.3) is 0 Å². The van der Waals surface area contributed by atoms with Crippen LogP contribution in [-0.4, -0.2) is 15.0 Å². The van der Waals surface area contributed by atoms with Crippen LogP contribution in [0.25, 0.3) is 77.6 Å². The average molecular weight is 611 g/mol. The lowest BCUT2D eigenvalue weighted by Crippen LogP contribution is -2.00. The van der Waals surface area contributed by atoms with Crippen molar-refractivity contribution in [2.75, 3.05) is 0 Å². The first-order valence-corrected chi connectivity index (χ1v) is 15.3. The van der Waals surface area contributed by atoms with E-state index in [1.807, 2.05) is 84.9 Å². The number of hydrogen-bond donors (Lipinski definition) is 0. The Morgan fingerprint density at radius 1 is 0.396 bits per heavy atom. The van der Waals surface area contributed by atoms with E-state index in [0.717, 1.165) is 66.2 Å². The van der Waals surface area contributed by atoms with Crippen molar-refractivity contribution in [2.45, 2.75) is 0 Å². The van der Waals surface area contributed by atoms with E-state index in [0.29, 0.717) is 28.1 Å². The molecule has 0 amide bonds. The van der Waals surface area contributed by atoms with Gasteiger partial charge in [0.05, 0.1) is 68.5 Å². The molecule has 2 heterocycles. The number of benzene rings is 6. The summed E-state index contributed by atoms with van der Waals surface area (Å²) in [6, 6.07) is 49.1. The van der Waals surface area contributed by atoms with E-state index >= 15 is 0 Å². The Morgan fingerprint density at radius 2 is 0.875 bits per heavy atom. The maximum atomic E-state index is 9.50. The third-order valence-corrected chi connectivity index (χ3v) is 8.55. The summed E-state index contributed by atoms with van der Waals surface area (Å²) in [6.45, 7) is 0. The van der Waals surface area contributed by atoms with Gasteiger partial charge in [0, 0.05) is 38.4 Å². The Hall–Kier alpha value is -7.20. The smallest absolute Gasteiger partial charge is 0.0991 e. The Morgan fingerprint density at radius 3 is 1.42 bits per heavy atom. The summed E-state index contributed by atoms with van der Waals surface area (Å²) in [5, 5.41) is 31.2. The number of hydrogen-bond acceptors (Lipinski definition) is 6. The SMILES string of the molecule is N#Cc1ccc(-c2nc3c(-c4ccccc4)cc4c(-c5ccc(C#N)cc5)nc5ccccc5c4c3nc2-c2ccc(C#N)cc2)cc1. The van der Waals surface area contributed by atoms with E-state index in [-0.39, 0.29) is 0 Å². The molecule has 0 aliphatic rings. The van der Waals surface area contributed by atoms with Gasteiger partial charge in [0.1, 0.15) is 0 Å². The van der Waals surface area contributed by atoms with Crippen molar-refractivity contribution in [3.63, 3.8) is 0 Å². The Kier molecular flexibility index (Phi) is 6.85. The highest BCUT2D eigenvalue weighted by Crippen LogP contribution is 2.42. The highest BCUT2D eigenvalue weighted by molar-refractivity contribution is 6.23. The molecule has 0 bridgehead atoms. The molecule has 0 aliphatic heterocycles. The van der Waals surface area contributed by atoms with Crippen LogP contribution in [-0.2, 0) is 0 Å². The molecule has 0 N–H and O–H groups in total. The summed E-state index contributed by atoms with van der Waals surface area (Å²) in [5.41, 5.74) is 10.4. The van der Waals surface area contributed by atoms with Gasteiger partial charge in [-0.15, -0.1) is 0 Å². The van der Waals surface area contributed by atoms with E-state index in [4.69, 9.17) is 15.0 Å². The van der Waals surface area contributed by atoms with Gasteiger partial charge in [0.15, 0.2) is 0 Å². The molecule has 0 spiro atoms. The number of nitriles is 3. The number of fused-ring (bicyclic) bond motifs is 5. The van der Waals surface area contributed by atoms with Gasteiger partial charge in [-0.25, -0.2) is 15.0 Å². The molecule has 0 saturated heterocycles. The first-order valence-electron chi connectivity index (χ1n) is 15.3. The molecule has 48 heavy (non-hydrogen) atoms. The monoisotopic (exact) mass is 610 g/mol. The zero-order valence-electron chi connectivity index (χ0n) is 25.4. The van der Waals surface area contributed by atoms with Crippen LogP contribution in [0.3, 0.4) is 0 Å². The van der Waals surface area contributed by atoms with Gasteiger partial charge in [-0.05, 0) is 54.1 Å². The Labute approximate surface area is 276 Å². The largest absolute Gasteiger partial charge is 0.247 e. The second kappa shape index (κ2) is 11.6. The predicted octanol–water partition coefficient (Wildman–Crippen LogP) is 9.61. The summed E-state index contributed by atoms with van der Waals surface area (Å²) < 4.78 is 0. The standard InChI is InChI=1S/C42H22N6/c43-23-26-10-16-30(17-11-26)38-35-22-34(29-6-2-1-3-7-29)41-42(37(35)33-8-4-5-9-36(33)46-38)48-40(32-20-14-28(25-45)15-21-32)39(47-41)31-18-12-27(24-44)13-19-31/h1-22H. The zero-order valence-corrected chi connectivity index (χ0v) is 25.4. The molecule has 0 atom stereocenters. The van der Waals surface area contributed by atoms with Gasteiger partial charge in [-0.2, -0.15) is 15.8 Å². The molecule has 220 valence electrons. The van der Waals surface area contributed by atoms with Crippen LogP contribution in [0.5, 0.6) is 0 Å². The summed E-state index contributed by atoms with van der Waals surface area (Å²) in [6.07, 6.45) is 0. The topological polar surface area (TPSA) is 110 Å². The van der Waals surface area contributed by atoms with Crippen LogP contribution in [0.2, 0.25) is 0 Å². The highest BCUT2D eigenvalue weighted by atomic mass is 14.8. The van der Waals surface area contributed by atoms with Crippen molar-refractivity contribution in [3.8, 4) is 63.1 Å². The Balaban J connectivity index is 1.56. The summed E-state index contributed by atoms with van der Waals surface area (Å²) in [5.74, 6) is 0. The molecule has 2 aromatic heterocycles. The maximum absolute atomic E-state index is 9.50. The van der Waals surface area contributed by atoms with Gasteiger partial charge < -0.3 is 0 Å². The van der Waals surface area contributed by atoms with E-state index in [9.17, 15) is 15.8 Å². The molecule has 8 rings (SSSR count). The van der Waals surface area contributed by atoms with E-state index in [1.54, 1.807) is 24.3 Å². The normalized spacial score (nSPS) is 10.9. The second-order valence-electron chi connectivity index (χ2n) is 11.4. The molecule has 0 unspecified atom stereocenters. The first-order chi connectivity index (χ1) is 23.6. The van der Waals surface area contributed by atoms with Crippen molar-refractivity contribution in [2.24, 2.45) is 0 Å². The number of nitrogens with zero attached hydrogens (tertiary/aromatic N) is 6. The van der Waals surface area contributed by atoms with Crippen LogP contribution >= 0.6 is 0 Å². The fraction of sp³-hybridized carbons (Fsp3) is 0. The molecule has 6 aromatic carbocycles. The number of aromatic nitrogens is 3. The lowest BCUT2D eigenvalue weighted by atomic mass is 9.92. The average Bonchev–Trinajstić information content (AvgIpc) is 3.17. The van der Waals surface area contributed by atoms with E-state index < -0.39 is 0 Å². The minimum absolute atomic E-state index is 0.549. The van der Waals surface area contributed by atoms with E-state index in [1.165, 1.54) is 0 Å². The summed E-state index contributed by atoms with van der Waals surface area (Å²) >= 11 is 0. The first kappa shape index (κ1) is 28.3. The second-order valence-corrected chi connectivity index (χ2v) is 11.4. The van der Waals surface area contributed by atoms with Crippen molar-refractivity contribution in [3.05, 3.63) is 150 Å². The number of rotatable bonds is 4. The van der Waals surface area contributed by atoms with Crippen molar-refractivity contribution < 1.29 is 0 Å². The molecule has 0 aliphatic carbocycles. The number of pyridine rings is 1. The van der Waals surface area contributed by atoms with Crippen molar-refractivity contribution >= 4 is 32.7 Å².